The molecule has 0 bridgehead atoms. The van der Waals surface area contributed by atoms with Crippen molar-refractivity contribution < 1.29 is 14.3 Å². The molecule has 5 rings (SSSR count). The molecule has 164 valence electrons. The number of likely N-dealkylation sites (tertiary alicyclic amines) is 1. The summed E-state index contributed by atoms with van der Waals surface area (Å²) in [5.74, 6) is 0.788. The molecule has 1 atom stereocenters. The molecule has 7 heteroatoms. The number of aromatic nitrogens is 2. The molecule has 2 aliphatic heterocycles. The number of carbonyl (C=O) groups is 2. The summed E-state index contributed by atoms with van der Waals surface area (Å²) in [6.07, 6.45) is 3.76. The molecule has 3 aromatic rings. The summed E-state index contributed by atoms with van der Waals surface area (Å²) in [5.41, 5.74) is 2.59. The summed E-state index contributed by atoms with van der Waals surface area (Å²) in [5, 5.41) is 1.04. The lowest BCUT2D eigenvalue weighted by atomic mass is 9.92. The number of nitrogens with zero attached hydrogens (tertiary/aromatic N) is 4. The van der Waals surface area contributed by atoms with Crippen molar-refractivity contribution in [1.82, 2.24) is 14.9 Å². The number of anilines is 1. The first-order chi connectivity index (χ1) is 15.6. The molecule has 2 aromatic heterocycles. The zero-order valence-electron chi connectivity index (χ0n) is 18.1. The maximum atomic E-state index is 13.2. The van der Waals surface area contributed by atoms with Gasteiger partial charge in [-0.15, -0.1) is 0 Å². The Kier molecular flexibility index (Phi) is 5.47. The molecule has 0 spiro atoms. The zero-order chi connectivity index (χ0) is 22.1. The third-order valence-electron chi connectivity index (χ3n) is 6.55. The molecule has 1 unspecified atom stereocenters. The van der Waals surface area contributed by atoms with Crippen LogP contribution in [0.2, 0.25) is 0 Å². The molecule has 0 N–H and O–H groups in total. The minimum absolute atomic E-state index is 0.0145. The van der Waals surface area contributed by atoms with E-state index in [1.165, 1.54) is 0 Å². The predicted molar refractivity (Wildman–Crippen MR) is 122 cm³/mol. The monoisotopic (exact) mass is 430 g/mol. The summed E-state index contributed by atoms with van der Waals surface area (Å²) >= 11 is 0. The van der Waals surface area contributed by atoms with Gasteiger partial charge in [0.1, 0.15) is 5.75 Å². The fraction of sp³-hybridized carbons (Fsp3) is 0.360. The fourth-order valence-corrected chi connectivity index (χ4v) is 4.75. The quantitative estimate of drug-likeness (QED) is 0.634. The van der Waals surface area contributed by atoms with Crippen molar-refractivity contribution in [3.05, 3.63) is 60.4 Å². The number of hydrogen-bond donors (Lipinski definition) is 0. The minimum Gasteiger partial charge on any atom is -0.497 e. The summed E-state index contributed by atoms with van der Waals surface area (Å²) in [6, 6.07) is 15.5. The zero-order valence-corrected chi connectivity index (χ0v) is 18.1. The van der Waals surface area contributed by atoms with E-state index in [1.807, 2.05) is 41.3 Å². The largest absolute Gasteiger partial charge is 0.497 e. The number of ether oxygens (including phenoxy) is 1. The van der Waals surface area contributed by atoms with Gasteiger partial charge in [-0.05, 0) is 49.2 Å². The van der Waals surface area contributed by atoms with Crippen LogP contribution in [0.3, 0.4) is 0 Å². The van der Waals surface area contributed by atoms with Crippen LogP contribution in [-0.2, 0) is 9.59 Å². The van der Waals surface area contributed by atoms with Gasteiger partial charge in [0, 0.05) is 61.0 Å². The molecule has 2 saturated heterocycles. The Morgan fingerprint density at radius 1 is 1.09 bits per heavy atom. The van der Waals surface area contributed by atoms with Crippen molar-refractivity contribution in [2.24, 2.45) is 5.92 Å². The van der Waals surface area contributed by atoms with E-state index in [0.29, 0.717) is 31.3 Å². The Hall–Kier alpha value is -3.48. The van der Waals surface area contributed by atoms with E-state index in [-0.39, 0.29) is 24.2 Å². The van der Waals surface area contributed by atoms with Gasteiger partial charge in [0.25, 0.3) is 0 Å². The highest BCUT2D eigenvalue weighted by molar-refractivity contribution is 6.00. The smallest absolute Gasteiger partial charge is 0.228 e. The van der Waals surface area contributed by atoms with E-state index in [2.05, 4.69) is 17.1 Å². The van der Waals surface area contributed by atoms with Gasteiger partial charge in [-0.2, -0.15) is 0 Å². The van der Waals surface area contributed by atoms with Gasteiger partial charge in [-0.1, -0.05) is 6.07 Å². The summed E-state index contributed by atoms with van der Waals surface area (Å²) in [7, 11) is 1.60. The average molecular weight is 431 g/mol. The first kappa shape index (κ1) is 20.4. The van der Waals surface area contributed by atoms with Crippen LogP contribution in [0.1, 0.15) is 30.9 Å². The number of pyridine rings is 2. The number of rotatable bonds is 4. The number of amides is 2. The molecule has 2 fully saturated rings. The highest BCUT2D eigenvalue weighted by atomic mass is 16.5. The highest BCUT2D eigenvalue weighted by Crippen LogP contribution is 2.32. The first-order valence-corrected chi connectivity index (χ1v) is 11.1. The van der Waals surface area contributed by atoms with E-state index < -0.39 is 0 Å². The molecule has 0 saturated carbocycles. The van der Waals surface area contributed by atoms with Crippen LogP contribution in [0.4, 0.5) is 5.69 Å². The van der Waals surface area contributed by atoms with Gasteiger partial charge < -0.3 is 14.5 Å². The van der Waals surface area contributed by atoms with Crippen LogP contribution in [0.25, 0.3) is 11.0 Å². The maximum absolute atomic E-state index is 13.2. The SMILES string of the molecule is COc1cccc(N2CC(C(=O)N3CCC(c4ccc5cccnc5n4)CC3)CC2=O)c1. The van der Waals surface area contributed by atoms with Crippen molar-refractivity contribution in [2.45, 2.75) is 25.2 Å². The molecule has 1 aromatic carbocycles. The van der Waals surface area contributed by atoms with Gasteiger partial charge in [0.2, 0.25) is 11.8 Å². The first-order valence-electron chi connectivity index (χ1n) is 11.1. The van der Waals surface area contributed by atoms with Gasteiger partial charge in [-0.25, -0.2) is 9.97 Å². The van der Waals surface area contributed by atoms with Gasteiger partial charge >= 0.3 is 0 Å². The highest BCUT2D eigenvalue weighted by Gasteiger charge is 2.38. The number of piperidine rings is 1. The number of carbonyl (C=O) groups excluding carboxylic acids is 2. The minimum atomic E-state index is -0.298. The Morgan fingerprint density at radius 3 is 2.75 bits per heavy atom. The summed E-state index contributed by atoms with van der Waals surface area (Å²) in [4.78, 5) is 38.5. The van der Waals surface area contributed by atoms with E-state index in [4.69, 9.17) is 9.72 Å². The summed E-state index contributed by atoms with van der Waals surface area (Å²) < 4.78 is 5.27. The van der Waals surface area contributed by atoms with E-state index in [0.717, 1.165) is 35.3 Å². The number of hydrogen-bond acceptors (Lipinski definition) is 5. The van der Waals surface area contributed by atoms with E-state index >= 15 is 0 Å². The maximum Gasteiger partial charge on any atom is 0.228 e. The molecular weight excluding hydrogens is 404 g/mol. The topological polar surface area (TPSA) is 75.6 Å². The second kappa shape index (κ2) is 8.57. The molecule has 4 heterocycles. The number of fused-ring (bicyclic) bond motifs is 1. The van der Waals surface area contributed by atoms with Crippen molar-refractivity contribution in [2.75, 3.05) is 31.6 Å². The van der Waals surface area contributed by atoms with Crippen molar-refractivity contribution in [3.8, 4) is 5.75 Å². The normalized spacial score (nSPS) is 19.5. The molecule has 7 nitrogen and oxygen atoms in total. The Labute approximate surface area is 187 Å². The lowest BCUT2D eigenvalue weighted by molar-refractivity contribution is -0.136. The summed E-state index contributed by atoms with van der Waals surface area (Å²) in [6.45, 7) is 1.80. The van der Waals surface area contributed by atoms with Crippen LogP contribution >= 0.6 is 0 Å². The third kappa shape index (κ3) is 3.90. The third-order valence-corrected chi connectivity index (χ3v) is 6.55. The molecule has 2 aliphatic rings. The lowest BCUT2D eigenvalue weighted by Crippen LogP contribution is -2.42. The Morgan fingerprint density at radius 2 is 1.94 bits per heavy atom. The van der Waals surface area contributed by atoms with Gasteiger partial charge in [-0.3, -0.25) is 9.59 Å². The van der Waals surface area contributed by atoms with Crippen LogP contribution in [-0.4, -0.2) is 53.4 Å². The van der Waals surface area contributed by atoms with E-state index in [1.54, 1.807) is 18.2 Å². The Balaban J connectivity index is 1.22. The number of methoxy groups -OCH3 is 1. The van der Waals surface area contributed by atoms with E-state index in [9.17, 15) is 9.59 Å². The molecule has 0 radical (unpaired) electrons. The molecule has 2 amide bonds. The van der Waals surface area contributed by atoms with Crippen LogP contribution in [0.15, 0.2) is 54.7 Å². The predicted octanol–water partition coefficient (Wildman–Crippen LogP) is 3.40. The average Bonchev–Trinajstić information content (AvgIpc) is 3.25. The second-order valence-corrected chi connectivity index (χ2v) is 8.49. The van der Waals surface area contributed by atoms with Crippen LogP contribution in [0, 0.1) is 5.92 Å². The Bertz CT molecular complexity index is 1160. The standard InChI is InChI=1S/C25H26N4O3/c1-32-21-6-2-5-20(15-21)29-16-19(14-23(29)30)25(31)28-12-9-17(10-13-28)22-8-7-18-4-3-11-26-24(18)27-22/h2-8,11,15,17,19H,9-10,12-14,16H2,1H3. The van der Waals surface area contributed by atoms with Gasteiger partial charge in [0.05, 0.1) is 13.0 Å². The van der Waals surface area contributed by atoms with Crippen LogP contribution in [0.5, 0.6) is 5.75 Å². The molecular formula is C25H26N4O3. The van der Waals surface area contributed by atoms with Crippen molar-refractivity contribution >= 4 is 28.5 Å². The van der Waals surface area contributed by atoms with Crippen LogP contribution < -0.4 is 9.64 Å². The second-order valence-electron chi connectivity index (χ2n) is 8.49. The lowest BCUT2D eigenvalue weighted by Gasteiger charge is -2.33. The fourth-order valence-electron chi connectivity index (χ4n) is 4.75. The number of benzene rings is 1. The van der Waals surface area contributed by atoms with Gasteiger partial charge in [0.15, 0.2) is 5.65 Å². The molecule has 0 aliphatic carbocycles. The van der Waals surface area contributed by atoms with Crippen molar-refractivity contribution in [1.29, 1.82) is 0 Å². The molecule has 32 heavy (non-hydrogen) atoms. The van der Waals surface area contributed by atoms with Crippen molar-refractivity contribution in [3.63, 3.8) is 0 Å².